The Kier molecular flexibility index (Phi) is 3.40. The van der Waals surface area contributed by atoms with Crippen molar-refractivity contribution < 1.29 is 0 Å². The monoisotopic (exact) mass is 293 g/mol. The summed E-state index contributed by atoms with van der Waals surface area (Å²) in [7, 11) is 0. The lowest BCUT2D eigenvalue weighted by atomic mass is 10.4. The minimum Gasteiger partial charge on any atom is -0.362 e. The molecule has 3 aromatic heterocycles. The van der Waals surface area contributed by atoms with Crippen LogP contribution in [0.25, 0.3) is 20.5 Å². The zero-order valence-electron chi connectivity index (χ0n) is 9.71. The Morgan fingerprint density at radius 3 is 3.00 bits per heavy atom. The molecule has 0 aliphatic rings. The van der Waals surface area contributed by atoms with Crippen LogP contribution < -0.4 is 5.32 Å². The van der Waals surface area contributed by atoms with Gasteiger partial charge in [-0.25, -0.2) is 9.97 Å². The second-order valence-electron chi connectivity index (χ2n) is 3.58. The van der Waals surface area contributed by atoms with E-state index in [9.17, 15) is 0 Å². The van der Waals surface area contributed by atoms with Crippen LogP contribution in [0.5, 0.6) is 0 Å². The second kappa shape index (κ2) is 5.17. The molecule has 0 aromatic carbocycles. The first-order valence-electron chi connectivity index (χ1n) is 5.56. The summed E-state index contributed by atoms with van der Waals surface area (Å²) in [5.74, 6) is 0. The Hall–Kier alpha value is -1.24. The smallest absolute Gasteiger partial charge is 0.183 e. The lowest BCUT2D eigenvalue weighted by Gasteiger charge is -1.93. The molecule has 6 heteroatoms. The minimum atomic E-state index is 0.899. The van der Waals surface area contributed by atoms with E-state index in [1.165, 1.54) is 4.88 Å². The Bertz CT molecular complexity index is 625. The molecule has 0 unspecified atom stereocenters. The maximum atomic E-state index is 4.55. The molecule has 0 saturated carbocycles. The van der Waals surface area contributed by atoms with Crippen molar-refractivity contribution in [2.75, 3.05) is 11.9 Å². The van der Waals surface area contributed by atoms with Crippen LogP contribution in [0.15, 0.2) is 29.1 Å². The van der Waals surface area contributed by atoms with Gasteiger partial charge in [0, 0.05) is 18.1 Å². The van der Waals surface area contributed by atoms with Gasteiger partial charge in [0.1, 0.15) is 5.01 Å². The van der Waals surface area contributed by atoms with E-state index in [0.29, 0.717) is 0 Å². The van der Waals surface area contributed by atoms with Crippen LogP contribution in [0.4, 0.5) is 5.13 Å². The molecule has 3 rings (SSSR count). The largest absolute Gasteiger partial charge is 0.362 e. The van der Waals surface area contributed by atoms with Gasteiger partial charge in [0.05, 0.1) is 15.4 Å². The third-order valence-corrected chi connectivity index (χ3v) is 5.18. The van der Waals surface area contributed by atoms with Crippen molar-refractivity contribution in [3.63, 3.8) is 0 Å². The highest BCUT2D eigenvalue weighted by Gasteiger charge is 2.10. The topological polar surface area (TPSA) is 37.8 Å². The number of nitrogens with one attached hydrogen (secondary N) is 1. The van der Waals surface area contributed by atoms with Gasteiger partial charge in [-0.3, -0.25) is 0 Å². The quantitative estimate of drug-likeness (QED) is 0.773. The second-order valence-corrected chi connectivity index (χ2v) is 6.41. The van der Waals surface area contributed by atoms with Crippen LogP contribution in [0.1, 0.15) is 6.92 Å². The maximum Gasteiger partial charge on any atom is 0.183 e. The molecule has 92 valence electrons. The third kappa shape index (κ3) is 2.31. The average Bonchev–Trinajstić information content (AvgIpc) is 3.10. The molecule has 0 atom stereocenters. The standard InChI is InChI=1S/C12H11N3S3/c1-2-13-12-15-8(7-17-12)10-6-14-11(18-10)9-4-3-5-16-9/h3-7H,2H2,1H3,(H,13,15). The van der Waals surface area contributed by atoms with Crippen molar-refractivity contribution in [2.45, 2.75) is 6.92 Å². The van der Waals surface area contributed by atoms with Crippen LogP contribution in [0, 0.1) is 0 Å². The summed E-state index contributed by atoms with van der Waals surface area (Å²) in [6, 6.07) is 4.14. The normalized spacial score (nSPS) is 10.7. The predicted octanol–water partition coefficient (Wildman–Crippen LogP) is 4.43. The van der Waals surface area contributed by atoms with E-state index < -0.39 is 0 Å². The van der Waals surface area contributed by atoms with Gasteiger partial charge in [-0.1, -0.05) is 6.07 Å². The highest BCUT2D eigenvalue weighted by Crippen LogP contribution is 2.35. The molecular weight excluding hydrogens is 282 g/mol. The van der Waals surface area contributed by atoms with Crippen LogP contribution in [0.3, 0.4) is 0 Å². The molecule has 0 aliphatic heterocycles. The van der Waals surface area contributed by atoms with E-state index in [-0.39, 0.29) is 0 Å². The molecule has 18 heavy (non-hydrogen) atoms. The molecule has 0 aliphatic carbocycles. The predicted molar refractivity (Wildman–Crippen MR) is 80.7 cm³/mol. The Balaban J connectivity index is 1.88. The molecule has 3 aromatic rings. The molecule has 0 radical (unpaired) electrons. The van der Waals surface area contributed by atoms with Crippen LogP contribution in [0.2, 0.25) is 0 Å². The van der Waals surface area contributed by atoms with Crippen molar-refractivity contribution in [1.29, 1.82) is 0 Å². The first kappa shape index (κ1) is 11.8. The summed E-state index contributed by atoms with van der Waals surface area (Å²) in [5, 5.41) is 9.41. The number of thiophene rings is 1. The highest BCUT2D eigenvalue weighted by molar-refractivity contribution is 7.23. The zero-order valence-corrected chi connectivity index (χ0v) is 12.2. The fourth-order valence-electron chi connectivity index (χ4n) is 1.53. The van der Waals surface area contributed by atoms with Gasteiger partial charge in [-0.15, -0.1) is 34.0 Å². The van der Waals surface area contributed by atoms with E-state index in [1.54, 1.807) is 34.0 Å². The fraction of sp³-hybridized carbons (Fsp3) is 0.167. The van der Waals surface area contributed by atoms with Crippen molar-refractivity contribution in [1.82, 2.24) is 9.97 Å². The molecule has 3 nitrogen and oxygen atoms in total. The van der Waals surface area contributed by atoms with Gasteiger partial charge in [-0.05, 0) is 18.4 Å². The Morgan fingerprint density at radius 1 is 1.28 bits per heavy atom. The van der Waals surface area contributed by atoms with Gasteiger partial charge >= 0.3 is 0 Å². The number of nitrogens with zero attached hydrogens (tertiary/aromatic N) is 2. The number of hydrogen-bond donors (Lipinski definition) is 1. The van der Waals surface area contributed by atoms with Crippen molar-refractivity contribution in [3.05, 3.63) is 29.1 Å². The zero-order chi connectivity index (χ0) is 12.4. The van der Waals surface area contributed by atoms with E-state index >= 15 is 0 Å². The van der Waals surface area contributed by atoms with Crippen LogP contribution >= 0.6 is 34.0 Å². The van der Waals surface area contributed by atoms with Crippen molar-refractivity contribution >= 4 is 39.1 Å². The molecule has 0 saturated heterocycles. The lowest BCUT2D eigenvalue weighted by Crippen LogP contribution is -1.94. The number of anilines is 1. The minimum absolute atomic E-state index is 0.899. The lowest BCUT2D eigenvalue weighted by molar-refractivity contribution is 1.19. The number of aromatic nitrogens is 2. The maximum absolute atomic E-state index is 4.55. The SMILES string of the molecule is CCNc1nc(-c2cnc(-c3cccs3)s2)cs1. The summed E-state index contributed by atoms with van der Waals surface area (Å²) in [6.45, 7) is 2.97. The van der Waals surface area contributed by atoms with E-state index in [0.717, 1.165) is 27.3 Å². The van der Waals surface area contributed by atoms with Crippen LogP contribution in [-0.2, 0) is 0 Å². The van der Waals surface area contributed by atoms with Gasteiger partial charge in [-0.2, -0.15) is 0 Å². The first-order valence-corrected chi connectivity index (χ1v) is 8.14. The van der Waals surface area contributed by atoms with Crippen molar-refractivity contribution in [3.8, 4) is 20.5 Å². The summed E-state index contributed by atoms with van der Waals surface area (Å²) >= 11 is 5.04. The summed E-state index contributed by atoms with van der Waals surface area (Å²) in [5.41, 5.74) is 1.01. The number of hydrogen-bond acceptors (Lipinski definition) is 6. The summed E-state index contributed by atoms with van der Waals surface area (Å²) < 4.78 is 0. The Morgan fingerprint density at radius 2 is 2.22 bits per heavy atom. The average molecular weight is 293 g/mol. The van der Waals surface area contributed by atoms with Crippen molar-refractivity contribution in [2.24, 2.45) is 0 Å². The van der Waals surface area contributed by atoms with Gasteiger partial charge < -0.3 is 5.32 Å². The summed E-state index contributed by atoms with van der Waals surface area (Å²) in [6.07, 6.45) is 1.91. The van der Waals surface area contributed by atoms with Gasteiger partial charge in [0.2, 0.25) is 0 Å². The first-order chi connectivity index (χ1) is 8.86. The molecule has 0 fully saturated rings. The number of rotatable bonds is 4. The molecule has 0 amide bonds. The Labute approximate surface area is 117 Å². The highest BCUT2D eigenvalue weighted by atomic mass is 32.1. The van der Waals surface area contributed by atoms with E-state index in [1.807, 2.05) is 12.3 Å². The fourth-order valence-corrected chi connectivity index (χ4v) is 4.06. The van der Waals surface area contributed by atoms with E-state index in [2.05, 4.69) is 39.0 Å². The molecular formula is C12H11N3S3. The summed E-state index contributed by atoms with van der Waals surface area (Å²) in [4.78, 5) is 11.3. The molecule has 1 N–H and O–H groups in total. The molecule has 0 bridgehead atoms. The molecule has 3 heterocycles. The van der Waals surface area contributed by atoms with Gasteiger partial charge in [0.15, 0.2) is 5.13 Å². The third-order valence-electron chi connectivity index (χ3n) is 2.32. The van der Waals surface area contributed by atoms with E-state index in [4.69, 9.17) is 0 Å². The van der Waals surface area contributed by atoms with Gasteiger partial charge in [0.25, 0.3) is 0 Å². The van der Waals surface area contributed by atoms with Crippen LogP contribution in [-0.4, -0.2) is 16.5 Å². The number of thiazole rings is 2. The molecule has 0 spiro atoms.